The van der Waals surface area contributed by atoms with E-state index in [2.05, 4.69) is 17.2 Å². The van der Waals surface area contributed by atoms with E-state index in [0.717, 1.165) is 35.4 Å². The molecule has 2 aliphatic carbocycles. The summed E-state index contributed by atoms with van der Waals surface area (Å²) < 4.78 is 0. The second-order valence-corrected chi connectivity index (χ2v) is 6.05. The molecule has 0 spiro atoms. The van der Waals surface area contributed by atoms with Crippen molar-refractivity contribution in [2.75, 3.05) is 0 Å². The fourth-order valence-corrected chi connectivity index (χ4v) is 4.75. The Kier molecular flexibility index (Phi) is 1.61. The lowest BCUT2D eigenvalue weighted by Gasteiger charge is -2.44. The molecule has 0 aromatic carbocycles. The van der Waals surface area contributed by atoms with Crippen molar-refractivity contribution in [1.82, 2.24) is 0 Å². The largest absolute Gasteiger partial charge is 0.600 e. The Hall–Kier alpha value is -1.20. The van der Waals surface area contributed by atoms with Crippen LogP contribution in [-0.2, 0) is 0 Å². The second kappa shape index (κ2) is 2.79. The van der Waals surface area contributed by atoms with Gasteiger partial charge in [0.25, 0.3) is 0 Å². The summed E-state index contributed by atoms with van der Waals surface area (Å²) in [6, 6.07) is 0.197. The average molecular weight is 236 g/mol. The van der Waals surface area contributed by atoms with E-state index >= 15 is 0 Å². The van der Waals surface area contributed by atoms with Gasteiger partial charge < -0.3 is 10.4 Å². The molecule has 6 heteroatoms. The molecule has 0 unspecified atom stereocenters. The Morgan fingerprint density at radius 2 is 1.88 bits per heavy atom. The molecule has 2 aliphatic heterocycles. The van der Waals surface area contributed by atoms with E-state index in [4.69, 9.17) is 0 Å². The number of azo groups is 2. The van der Waals surface area contributed by atoms with Gasteiger partial charge in [-0.15, -0.1) is 0 Å². The molecular weight excluding hydrogens is 220 g/mol. The van der Waals surface area contributed by atoms with E-state index in [0.29, 0.717) is 0 Å². The van der Waals surface area contributed by atoms with Crippen LogP contribution in [0.3, 0.4) is 0 Å². The lowest BCUT2D eigenvalue weighted by atomic mass is 9.54. The van der Waals surface area contributed by atoms with Gasteiger partial charge in [-0.2, -0.15) is 0 Å². The standard InChI is InChI=1S/C11H16N4O2/c1-11-8-4-2-6-10(11)7(14(16)12-6)3-5-9(11)15(17)13-8/h6-10H,2-5H2,1H3/t6-,7+,8+,9-,10+,11-/m0/s1. The fourth-order valence-electron chi connectivity index (χ4n) is 4.75. The zero-order valence-corrected chi connectivity index (χ0v) is 9.82. The van der Waals surface area contributed by atoms with Crippen molar-refractivity contribution in [2.45, 2.75) is 56.8 Å². The van der Waals surface area contributed by atoms with Crippen molar-refractivity contribution in [3.8, 4) is 0 Å². The number of rotatable bonds is 0. The zero-order chi connectivity index (χ0) is 11.8. The van der Waals surface area contributed by atoms with E-state index in [-0.39, 0.29) is 35.5 Å². The van der Waals surface area contributed by atoms with E-state index in [1.807, 2.05) is 0 Å². The van der Waals surface area contributed by atoms with E-state index in [9.17, 15) is 10.4 Å². The second-order valence-electron chi connectivity index (χ2n) is 6.05. The third kappa shape index (κ3) is 0.940. The third-order valence-electron chi connectivity index (χ3n) is 5.52. The minimum Gasteiger partial charge on any atom is -0.600 e. The third-order valence-corrected chi connectivity index (χ3v) is 5.52. The summed E-state index contributed by atoms with van der Waals surface area (Å²) in [7, 11) is 0. The average Bonchev–Trinajstić information content (AvgIpc) is 2.73. The van der Waals surface area contributed by atoms with Crippen LogP contribution in [0.2, 0.25) is 0 Å². The first-order valence-corrected chi connectivity index (χ1v) is 6.46. The predicted octanol–water partition coefficient (Wildman–Crippen LogP) is 1.62. The molecule has 0 N–H and O–H groups in total. The Balaban J connectivity index is 1.84. The summed E-state index contributed by atoms with van der Waals surface area (Å²) in [5.41, 5.74) is -0.129. The van der Waals surface area contributed by atoms with Gasteiger partial charge in [-0.1, -0.05) is 16.6 Å². The van der Waals surface area contributed by atoms with Crippen molar-refractivity contribution in [1.29, 1.82) is 0 Å². The van der Waals surface area contributed by atoms with Crippen molar-refractivity contribution in [2.24, 2.45) is 21.6 Å². The topological polar surface area (TPSA) is 76.9 Å². The normalized spacial score (nSPS) is 55.2. The Morgan fingerprint density at radius 3 is 2.71 bits per heavy atom. The van der Waals surface area contributed by atoms with Gasteiger partial charge in [0.05, 0.1) is 11.3 Å². The molecule has 0 radical (unpaired) electrons. The monoisotopic (exact) mass is 236 g/mol. The minimum absolute atomic E-state index is 0.00856. The van der Waals surface area contributed by atoms with Gasteiger partial charge in [0.15, 0.2) is 12.1 Å². The quantitative estimate of drug-likeness (QED) is 0.473. The summed E-state index contributed by atoms with van der Waals surface area (Å²) in [6.07, 6.45) is 3.37. The van der Waals surface area contributed by atoms with Crippen LogP contribution in [0.25, 0.3) is 0 Å². The van der Waals surface area contributed by atoms with Gasteiger partial charge in [0, 0.05) is 12.8 Å². The maximum atomic E-state index is 11.9. The van der Waals surface area contributed by atoms with Crippen LogP contribution in [0.5, 0.6) is 0 Å². The summed E-state index contributed by atoms with van der Waals surface area (Å²) in [4.78, 5) is 1.85. The van der Waals surface area contributed by atoms with Gasteiger partial charge in [-0.05, 0) is 23.1 Å². The Bertz CT molecular complexity index is 449. The molecule has 2 fully saturated rings. The first kappa shape index (κ1) is 9.79. The Labute approximate surface area is 99.2 Å². The molecule has 17 heavy (non-hydrogen) atoms. The van der Waals surface area contributed by atoms with Crippen LogP contribution in [0.1, 0.15) is 32.6 Å². The first-order chi connectivity index (χ1) is 8.12. The molecule has 0 aromatic rings. The van der Waals surface area contributed by atoms with Gasteiger partial charge in [-0.3, -0.25) is 0 Å². The molecular formula is C11H16N4O2. The first-order valence-electron chi connectivity index (χ1n) is 6.46. The van der Waals surface area contributed by atoms with Crippen molar-refractivity contribution in [3.63, 3.8) is 0 Å². The molecule has 6 nitrogen and oxygen atoms in total. The van der Waals surface area contributed by atoms with Gasteiger partial charge >= 0.3 is 0 Å². The number of nitrogens with zero attached hydrogens (tertiary/aromatic N) is 4. The van der Waals surface area contributed by atoms with E-state index in [1.165, 1.54) is 0 Å². The molecule has 92 valence electrons. The lowest BCUT2D eigenvalue weighted by molar-refractivity contribution is -0.591. The van der Waals surface area contributed by atoms with Crippen LogP contribution in [-0.4, -0.2) is 33.9 Å². The van der Waals surface area contributed by atoms with Crippen LogP contribution in [0, 0.1) is 21.7 Å². The van der Waals surface area contributed by atoms with Crippen LogP contribution in [0.4, 0.5) is 0 Å². The highest BCUT2D eigenvalue weighted by Gasteiger charge is 2.70. The van der Waals surface area contributed by atoms with E-state index in [1.54, 1.807) is 0 Å². The van der Waals surface area contributed by atoms with Crippen molar-refractivity contribution in [3.05, 3.63) is 10.4 Å². The SMILES string of the molecule is C[C@]12[C@@H]3[C@@H]4CC[C@H]1N=[N+]([O-])[C@H]2CC[C@H]3[N+]([O-])=N4. The molecule has 0 saturated heterocycles. The van der Waals surface area contributed by atoms with Gasteiger partial charge in [0.1, 0.15) is 12.1 Å². The highest BCUT2D eigenvalue weighted by molar-refractivity contribution is 5.12. The van der Waals surface area contributed by atoms with Crippen LogP contribution in [0.15, 0.2) is 10.2 Å². The minimum atomic E-state index is -0.129. The summed E-state index contributed by atoms with van der Waals surface area (Å²) in [5.74, 6) is 0.236. The fraction of sp³-hybridized carbons (Fsp3) is 1.00. The van der Waals surface area contributed by atoms with E-state index < -0.39 is 0 Å². The molecule has 0 amide bonds. The number of hydrogen-bond acceptors (Lipinski definition) is 4. The summed E-state index contributed by atoms with van der Waals surface area (Å²) in [5, 5.41) is 32.2. The maximum absolute atomic E-state index is 11.9. The zero-order valence-electron chi connectivity index (χ0n) is 9.82. The molecule has 0 bridgehead atoms. The highest BCUT2D eigenvalue weighted by atomic mass is 16.5. The molecule has 4 aliphatic rings. The van der Waals surface area contributed by atoms with Gasteiger partial charge in [0.2, 0.25) is 0 Å². The Morgan fingerprint density at radius 1 is 1.06 bits per heavy atom. The number of hydroxylamine groups is 2. The maximum Gasteiger partial charge on any atom is 0.198 e. The predicted molar refractivity (Wildman–Crippen MR) is 57.3 cm³/mol. The molecule has 0 aromatic heterocycles. The summed E-state index contributed by atoms with van der Waals surface area (Å²) >= 11 is 0. The smallest absolute Gasteiger partial charge is 0.198 e. The number of hydrogen-bond donors (Lipinski definition) is 0. The van der Waals surface area contributed by atoms with Gasteiger partial charge in [-0.25, -0.2) is 0 Å². The molecule has 4 rings (SSSR count). The lowest BCUT2D eigenvalue weighted by Crippen LogP contribution is -2.58. The highest BCUT2D eigenvalue weighted by Crippen LogP contribution is 2.58. The van der Waals surface area contributed by atoms with Crippen LogP contribution >= 0.6 is 0 Å². The summed E-state index contributed by atoms with van der Waals surface area (Å²) in [6.45, 7) is 2.15. The molecule has 2 saturated carbocycles. The van der Waals surface area contributed by atoms with Crippen molar-refractivity contribution < 1.29 is 9.72 Å². The molecule has 6 atom stereocenters. The van der Waals surface area contributed by atoms with Crippen LogP contribution < -0.4 is 0 Å². The van der Waals surface area contributed by atoms with Crippen molar-refractivity contribution >= 4 is 0 Å². The molecule has 2 heterocycles.